The zero-order chi connectivity index (χ0) is 22.1. The Morgan fingerprint density at radius 2 is 1.68 bits per heavy atom. The van der Waals surface area contributed by atoms with Gasteiger partial charge in [-0.25, -0.2) is 4.79 Å². The summed E-state index contributed by atoms with van der Waals surface area (Å²) in [5, 5.41) is 0.661. The highest BCUT2D eigenvalue weighted by atomic mass is 35.5. The van der Waals surface area contributed by atoms with E-state index < -0.39 is 0 Å². The summed E-state index contributed by atoms with van der Waals surface area (Å²) in [6, 6.07) is 19.8. The molecule has 0 bridgehead atoms. The summed E-state index contributed by atoms with van der Waals surface area (Å²) in [5.41, 5.74) is 2.74. The van der Waals surface area contributed by atoms with E-state index in [1.54, 1.807) is 4.90 Å². The molecule has 0 spiro atoms. The normalized spacial score (nSPS) is 13.1. The number of rotatable bonds is 4. The topological polar surface area (TPSA) is 34.5 Å². The minimum atomic E-state index is -0.362. The average Bonchev–Trinajstić information content (AvgIpc) is 3.16. The van der Waals surface area contributed by atoms with E-state index in [-0.39, 0.29) is 18.2 Å². The Morgan fingerprint density at radius 1 is 0.968 bits per heavy atom. The van der Waals surface area contributed by atoms with Crippen LogP contribution in [-0.4, -0.2) is 27.6 Å². The maximum absolute atomic E-state index is 13.3. The summed E-state index contributed by atoms with van der Waals surface area (Å²) in [6.45, 7) is 7.98. The van der Waals surface area contributed by atoms with Gasteiger partial charge in [0.15, 0.2) is 5.76 Å². The molecule has 2 aromatic carbocycles. The van der Waals surface area contributed by atoms with Crippen molar-refractivity contribution in [1.82, 2.24) is 9.47 Å². The van der Waals surface area contributed by atoms with E-state index in [0.717, 1.165) is 26.7 Å². The fourth-order valence-corrected chi connectivity index (χ4v) is 5.28. The van der Waals surface area contributed by atoms with Crippen LogP contribution in [0.1, 0.15) is 39.0 Å². The molecule has 0 unspecified atom stereocenters. The van der Waals surface area contributed by atoms with Gasteiger partial charge in [-0.1, -0.05) is 59.8 Å². The lowest BCUT2D eigenvalue weighted by Gasteiger charge is -2.30. The summed E-state index contributed by atoms with van der Waals surface area (Å²) in [6.07, 6.45) is 1.61. The van der Waals surface area contributed by atoms with Crippen molar-refractivity contribution in [2.75, 3.05) is 0 Å². The van der Waals surface area contributed by atoms with Crippen LogP contribution in [0.4, 0.5) is 4.79 Å². The number of benzene rings is 2. The maximum atomic E-state index is 13.3. The molecule has 1 amide bonds. The first-order chi connectivity index (χ1) is 14.9. The molecule has 2 heterocycles. The van der Waals surface area contributed by atoms with E-state index in [1.807, 2.05) is 99.1 Å². The van der Waals surface area contributed by atoms with Gasteiger partial charge in [-0.2, -0.15) is 0 Å². The molecule has 1 aliphatic rings. The van der Waals surface area contributed by atoms with E-state index in [2.05, 4.69) is 0 Å². The largest absolute Gasteiger partial charge is 0.415 e. The molecule has 0 aliphatic carbocycles. The van der Waals surface area contributed by atoms with Gasteiger partial charge >= 0.3 is 6.09 Å². The van der Waals surface area contributed by atoms with Crippen LogP contribution in [0.5, 0.6) is 0 Å². The number of thioether (sulfide) groups is 1. The number of nitrogens with zero attached hydrogens (tertiary/aromatic N) is 2. The Morgan fingerprint density at radius 3 is 2.35 bits per heavy atom. The van der Waals surface area contributed by atoms with E-state index >= 15 is 0 Å². The highest BCUT2D eigenvalue weighted by molar-refractivity contribution is 8.08. The van der Waals surface area contributed by atoms with Crippen LogP contribution in [0.25, 0.3) is 16.4 Å². The quantitative estimate of drug-likeness (QED) is 0.416. The summed E-state index contributed by atoms with van der Waals surface area (Å²) >= 11 is 8.14. The summed E-state index contributed by atoms with van der Waals surface area (Å²) in [5.74, 6) is 0.532. The second kappa shape index (κ2) is 8.85. The van der Waals surface area contributed by atoms with E-state index in [0.29, 0.717) is 10.8 Å². The molecule has 160 valence electrons. The van der Waals surface area contributed by atoms with Crippen molar-refractivity contribution < 1.29 is 9.53 Å². The molecule has 0 fully saturated rings. The Bertz CT molecular complexity index is 1130. The number of ether oxygens (including phenoxy) is 1. The number of carbonyl (C=O) groups is 1. The van der Waals surface area contributed by atoms with Crippen LogP contribution in [0, 0.1) is 0 Å². The van der Waals surface area contributed by atoms with E-state index in [4.69, 9.17) is 16.3 Å². The molecule has 0 radical (unpaired) electrons. The second-order valence-electron chi connectivity index (χ2n) is 7.94. The van der Waals surface area contributed by atoms with Gasteiger partial charge in [0.25, 0.3) is 0 Å². The molecule has 0 saturated carbocycles. The number of hydrogen-bond donors (Lipinski definition) is 0. The fraction of sp³-hybridized carbons (Fsp3) is 0.240. The zero-order valence-corrected chi connectivity index (χ0v) is 19.6. The molecule has 1 aliphatic heterocycles. The maximum Gasteiger partial charge on any atom is 0.415 e. The van der Waals surface area contributed by atoms with Gasteiger partial charge in [0.05, 0.1) is 26.2 Å². The monoisotopic (exact) mass is 452 g/mol. The van der Waals surface area contributed by atoms with Crippen LogP contribution in [0.15, 0.2) is 71.8 Å². The minimum absolute atomic E-state index is 0.0186. The first-order valence-corrected chi connectivity index (χ1v) is 11.5. The van der Waals surface area contributed by atoms with Crippen LogP contribution in [-0.2, 0) is 4.74 Å². The Labute approximate surface area is 192 Å². The van der Waals surface area contributed by atoms with Crippen molar-refractivity contribution in [3.63, 3.8) is 0 Å². The summed E-state index contributed by atoms with van der Waals surface area (Å²) in [7, 11) is 0. The SMILES string of the molecule is CC(C)N(C(=O)OC1=C(c2ccccc2)Sc2c(Cl)cccc2-n2cccc21)C(C)C. The van der Waals surface area contributed by atoms with E-state index in [1.165, 1.54) is 11.8 Å². The molecular weight excluding hydrogens is 428 g/mol. The molecule has 0 N–H and O–H groups in total. The third kappa shape index (κ3) is 4.12. The van der Waals surface area contributed by atoms with Crippen molar-refractivity contribution in [1.29, 1.82) is 0 Å². The Kier molecular flexibility index (Phi) is 6.17. The van der Waals surface area contributed by atoms with E-state index in [9.17, 15) is 4.79 Å². The van der Waals surface area contributed by atoms with Crippen LogP contribution < -0.4 is 0 Å². The number of aromatic nitrogens is 1. The molecule has 31 heavy (non-hydrogen) atoms. The van der Waals surface area contributed by atoms with Crippen LogP contribution in [0.2, 0.25) is 5.02 Å². The molecule has 3 aromatic rings. The first-order valence-electron chi connectivity index (χ1n) is 10.3. The van der Waals surface area contributed by atoms with Gasteiger partial charge in [-0.3, -0.25) is 0 Å². The number of fused-ring (bicyclic) bond motifs is 3. The number of amides is 1. The zero-order valence-electron chi connectivity index (χ0n) is 18.0. The standard InChI is InChI=1S/C25H25ClN2O2S/c1-16(2)28(17(3)4)25(29)30-22-20-14-9-15-27(20)21-13-8-12-19(26)24(21)31-23(22)18-10-6-5-7-11-18/h5-17H,1-4H3. The Balaban J connectivity index is 1.92. The molecule has 4 nitrogen and oxygen atoms in total. The number of hydrogen-bond acceptors (Lipinski definition) is 3. The predicted octanol–water partition coefficient (Wildman–Crippen LogP) is 7.32. The van der Waals surface area contributed by atoms with Crippen molar-refractivity contribution in [3.8, 4) is 5.69 Å². The van der Waals surface area contributed by atoms with Crippen LogP contribution in [0.3, 0.4) is 0 Å². The first kappa shape index (κ1) is 21.6. The lowest BCUT2D eigenvalue weighted by molar-refractivity contribution is 0.114. The number of halogens is 1. The molecule has 0 saturated heterocycles. The smallest absolute Gasteiger partial charge is 0.407 e. The molecule has 6 heteroatoms. The van der Waals surface area contributed by atoms with Crippen LogP contribution >= 0.6 is 23.4 Å². The van der Waals surface area contributed by atoms with Crippen molar-refractivity contribution >= 4 is 40.1 Å². The average molecular weight is 453 g/mol. The van der Waals surface area contributed by atoms with Crippen molar-refractivity contribution in [2.24, 2.45) is 0 Å². The molecular formula is C25H25ClN2O2S. The van der Waals surface area contributed by atoms with Crippen molar-refractivity contribution in [3.05, 3.63) is 83.1 Å². The highest BCUT2D eigenvalue weighted by Gasteiger charge is 2.30. The van der Waals surface area contributed by atoms with Gasteiger partial charge in [-0.05, 0) is 57.5 Å². The molecule has 1 aromatic heterocycles. The predicted molar refractivity (Wildman–Crippen MR) is 128 cm³/mol. The van der Waals surface area contributed by atoms with Gasteiger partial charge in [0.1, 0.15) is 0 Å². The molecule has 0 atom stereocenters. The molecule has 4 rings (SSSR count). The van der Waals surface area contributed by atoms with Crippen molar-refractivity contribution in [2.45, 2.75) is 44.7 Å². The highest BCUT2D eigenvalue weighted by Crippen LogP contribution is 2.48. The van der Waals surface area contributed by atoms with Gasteiger partial charge < -0.3 is 14.2 Å². The Hall–Kier alpha value is -2.63. The van der Waals surface area contributed by atoms with Gasteiger partial charge in [0, 0.05) is 18.3 Å². The van der Waals surface area contributed by atoms with Gasteiger partial charge in [-0.15, -0.1) is 0 Å². The lowest BCUT2D eigenvalue weighted by atomic mass is 10.1. The number of carbonyl (C=O) groups excluding carboxylic acids is 1. The third-order valence-corrected chi connectivity index (χ3v) is 6.83. The second-order valence-corrected chi connectivity index (χ2v) is 9.37. The lowest BCUT2D eigenvalue weighted by Crippen LogP contribution is -2.42. The summed E-state index contributed by atoms with van der Waals surface area (Å²) < 4.78 is 8.19. The minimum Gasteiger partial charge on any atom is -0.407 e. The third-order valence-electron chi connectivity index (χ3n) is 5.15. The fourth-order valence-electron chi connectivity index (χ4n) is 3.87. The van der Waals surface area contributed by atoms with Gasteiger partial charge in [0.2, 0.25) is 0 Å². The summed E-state index contributed by atoms with van der Waals surface area (Å²) in [4.78, 5) is 16.8.